The van der Waals surface area contributed by atoms with Gasteiger partial charge in [0.1, 0.15) is 5.82 Å². The second-order valence-corrected chi connectivity index (χ2v) is 4.31. The molecule has 0 amide bonds. The van der Waals surface area contributed by atoms with Crippen LogP contribution in [-0.2, 0) is 4.74 Å². The van der Waals surface area contributed by atoms with E-state index in [9.17, 15) is 0 Å². The first kappa shape index (κ1) is 11.7. The second kappa shape index (κ2) is 5.05. The van der Waals surface area contributed by atoms with Crippen LogP contribution in [0.5, 0.6) is 0 Å². The number of nitrogens with two attached hydrogens (primary N) is 1. The van der Waals surface area contributed by atoms with Crippen LogP contribution in [0.3, 0.4) is 0 Å². The molecule has 7 heteroatoms. The molecule has 1 fully saturated rings. The highest BCUT2D eigenvalue weighted by atomic mass is 35.5. The van der Waals surface area contributed by atoms with E-state index in [1.807, 2.05) is 0 Å². The number of nitrogens with one attached hydrogen (secondary N) is 2. The molecule has 2 heterocycles. The zero-order chi connectivity index (χ0) is 11.5. The summed E-state index contributed by atoms with van der Waals surface area (Å²) in [5.74, 6) is 6.25. The van der Waals surface area contributed by atoms with Gasteiger partial charge in [0.2, 0.25) is 0 Å². The lowest BCUT2D eigenvalue weighted by molar-refractivity contribution is 0.195. The third-order valence-electron chi connectivity index (χ3n) is 2.34. The Kier molecular flexibility index (Phi) is 3.70. The number of ether oxygens (including phenoxy) is 1. The fourth-order valence-corrected chi connectivity index (χ4v) is 1.98. The van der Waals surface area contributed by atoms with Crippen LogP contribution in [-0.4, -0.2) is 24.2 Å². The summed E-state index contributed by atoms with van der Waals surface area (Å²) in [4.78, 5) is 4.19. The molecular weight excluding hydrogens is 251 g/mol. The third-order valence-corrected chi connectivity index (χ3v) is 2.91. The molecule has 1 aliphatic rings. The van der Waals surface area contributed by atoms with Crippen LogP contribution in [0.4, 0.5) is 11.6 Å². The van der Waals surface area contributed by atoms with Crippen LogP contribution < -0.4 is 16.6 Å². The SMILES string of the molecule is NNc1nc(NC2CCOC2)c(Cl)cc1Cl. The van der Waals surface area contributed by atoms with Crippen molar-refractivity contribution in [1.29, 1.82) is 0 Å². The Hall–Kier alpha value is -0.750. The molecule has 1 aliphatic heterocycles. The molecule has 0 bridgehead atoms. The molecular formula is C9H12Cl2N4O. The van der Waals surface area contributed by atoms with Crippen LogP contribution in [0.2, 0.25) is 10.0 Å². The molecule has 1 aromatic heterocycles. The van der Waals surface area contributed by atoms with E-state index in [0.717, 1.165) is 13.0 Å². The molecule has 1 unspecified atom stereocenters. The van der Waals surface area contributed by atoms with Gasteiger partial charge in [-0.2, -0.15) is 0 Å². The van der Waals surface area contributed by atoms with E-state index >= 15 is 0 Å². The number of pyridine rings is 1. The number of halogens is 2. The average molecular weight is 263 g/mol. The molecule has 0 saturated carbocycles. The van der Waals surface area contributed by atoms with Gasteiger partial charge in [0.05, 0.1) is 22.7 Å². The van der Waals surface area contributed by atoms with Crippen LogP contribution >= 0.6 is 23.2 Å². The molecule has 1 saturated heterocycles. The lowest BCUT2D eigenvalue weighted by atomic mass is 10.2. The summed E-state index contributed by atoms with van der Waals surface area (Å²) < 4.78 is 5.25. The molecule has 0 aliphatic carbocycles. The van der Waals surface area contributed by atoms with Crippen molar-refractivity contribution in [2.24, 2.45) is 5.84 Å². The van der Waals surface area contributed by atoms with Crippen molar-refractivity contribution in [3.63, 3.8) is 0 Å². The van der Waals surface area contributed by atoms with Crippen LogP contribution in [0.15, 0.2) is 6.07 Å². The van der Waals surface area contributed by atoms with Crippen molar-refractivity contribution >= 4 is 34.8 Å². The zero-order valence-corrected chi connectivity index (χ0v) is 9.98. The Balaban J connectivity index is 2.18. The highest BCUT2D eigenvalue weighted by Crippen LogP contribution is 2.29. The first-order chi connectivity index (χ1) is 7.70. The average Bonchev–Trinajstić information content (AvgIpc) is 2.75. The lowest BCUT2D eigenvalue weighted by Crippen LogP contribution is -2.20. The topological polar surface area (TPSA) is 72.2 Å². The fraction of sp³-hybridized carbons (Fsp3) is 0.444. The minimum atomic E-state index is 0.233. The number of anilines is 2. The van der Waals surface area contributed by atoms with E-state index in [1.54, 1.807) is 6.07 Å². The molecule has 5 nitrogen and oxygen atoms in total. The third kappa shape index (κ3) is 2.49. The Morgan fingerprint density at radius 3 is 2.75 bits per heavy atom. The molecule has 4 N–H and O–H groups in total. The number of hydrogen-bond acceptors (Lipinski definition) is 5. The van der Waals surface area contributed by atoms with Crippen molar-refractivity contribution in [2.45, 2.75) is 12.5 Å². The van der Waals surface area contributed by atoms with Crippen molar-refractivity contribution in [2.75, 3.05) is 24.0 Å². The van der Waals surface area contributed by atoms with E-state index < -0.39 is 0 Å². The van der Waals surface area contributed by atoms with Crippen LogP contribution in [0.25, 0.3) is 0 Å². The van der Waals surface area contributed by atoms with Crippen molar-refractivity contribution in [1.82, 2.24) is 4.98 Å². The predicted octanol–water partition coefficient (Wildman–Crippen LogP) is 1.87. The quantitative estimate of drug-likeness (QED) is 0.573. The monoisotopic (exact) mass is 262 g/mol. The number of hydrogen-bond donors (Lipinski definition) is 3. The molecule has 88 valence electrons. The van der Waals surface area contributed by atoms with Gasteiger partial charge in [-0.3, -0.25) is 0 Å². The summed E-state index contributed by atoms with van der Waals surface area (Å²) in [6.07, 6.45) is 0.937. The highest BCUT2D eigenvalue weighted by molar-refractivity contribution is 6.37. The van der Waals surface area contributed by atoms with Crippen molar-refractivity contribution in [3.05, 3.63) is 16.1 Å². The summed E-state index contributed by atoms with van der Waals surface area (Å²) in [5, 5.41) is 4.05. The number of aromatic nitrogens is 1. The van der Waals surface area contributed by atoms with Crippen molar-refractivity contribution < 1.29 is 4.74 Å². The maximum atomic E-state index is 6.02. The van der Waals surface area contributed by atoms with Gasteiger partial charge in [-0.05, 0) is 12.5 Å². The Morgan fingerprint density at radius 1 is 1.38 bits per heavy atom. The minimum absolute atomic E-state index is 0.233. The Labute approximate surface area is 103 Å². The van der Waals surface area contributed by atoms with E-state index in [2.05, 4.69) is 15.7 Å². The van der Waals surface area contributed by atoms with Crippen molar-refractivity contribution in [3.8, 4) is 0 Å². The maximum Gasteiger partial charge on any atom is 0.161 e. The first-order valence-corrected chi connectivity index (χ1v) is 5.63. The molecule has 16 heavy (non-hydrogen) atoms. The first-order valence-electron chi connectivity index (χ1n) is 4.87. The largest absolute Gasteiger partial charge is 0.379 e. The van der Waals surface area contributed by atoms with Crippen LogP contribution in [0, 0.1) is 0 Å². The van der Waals surface area contributed by atoms with E-state index in [4.69, 9.17) is 33.8 Å². The van der Waals surface area contributed by atoms with Gasteiger partial charge >= 0.3 is 0 Å². The molecule has 0 radical (unpaired) electrons. The summed E-state index contributed by atoms with van der Waals surface area (Å²) in [7, 11) is 0. The smallest absolute Gasteiger partial charge is 0.161 e. The van der Waals surface area contributed by atoms with Gasteiger partial charge in [-0.1, -0.05) is 23.2 Å². The maximum absolute atomic E-state index is 6.02. The Bertz CT molecular complexity index is 382. The zero-order valence-electron chi connectivity index (χ0n) is 8.46. The van der Waals surface area contributed by atoms with Gasteiger partial charge < -0.3 is 15.5 Å². The Morgan fingerprint density at radius 2 is 2.12 bits per heavy atom. The molecule has 1 aromatic rings. The fourth-order valence-electron chi connectivity index (χ4n) is 1.51. The lowest BCUT2D eigenvalue weighted by Gasteiger charge is -2.14. The minimum Gasteiger partial charge on any atom is -0.379 e. The van der Waals surface area contributed by atoms with Gasteiger partial charge in [-0.15, -0.1) is 0 Å². The van der Waals surface area contributed by atoms with Gasteiger partial charge in [-0.25, -0.2) is 10.8 Å². The number of nitrogen functional groups attached to an aromatic ring is 1. The summed E-state index contributed by atoms with van der Waals surface area (Å²) in [6, 6.07) is 1.83. The highest BCUT2D eigenvalue weighted by Gasteiger charge is 2.18. The molecule has 0 spiro atoms. The van der Waals surface area contributed by atoms with Crippen LogP contribution in [0.1, 0.15) is 6.42 Å². The normalized spacial score (nSPS) is 19.8. The summed E-state index contributed by atoms with van der Waals surface area (Å²) in [6.45, 7) is 1.41. The predicted molar refractivity (Wildman–Crippen MR) is 64.9 cm³/mol. The second-order valence-electron chi connectivity index (χ2n) is 3.50. The summed E-state index contributed by atoms with van der Waals surface area (Å²) in [5.41, 5.74) is 2.41. The van der Waals surface area contributed by atoms with Gasteiger partial charge in [0.15, 0.2) is 5.82 Å². The standard InChI is InChI=1S/C9H12Cl2N4O/c10-6-3-7(11)9(15-12)14-8(6)13-5-1-2-16-4-5/h3,5H,1-2,4,12H2,(H2,13,14,15). The number of nitrogens with zero attached hydrogens (tertiary/aromatic N) is 1. The van der Waals surface area contributed by atoms with E-state index in [0.29, 0.717) is 28.3 Å². The molecule has 2 rings (SSSR count). The van der Waals surface area contributed by atoms with E-state index in [-0.39, 0.29) is 6.04 Å². The molecule has 0 aromatic carbocycles. The van der Waals surface area contributed by atoms with E-state index in [1.165, 1.54) is 0 Å². The van der Waals surface area contributed by atoms with Gasteiger partial charge in [0, 0.05) is 6.61 Å². The summed E-state index contributed by atoms with van der Waals surface area (Å²) >= 11 is 11.9. The number of rotatable bonds is 3. The number of hydrazine groups is 1. The van der Waals surface area contributed by atoms with Gasteiger partial charge in [0.25, 0.3) is 0 Å². The molecule has 1 atom stereocenters.